The monoisotopic (exact) mass is 546 g/mol. The summed E-state index contributed by atoms with van der Waals surface area (Å²) in [5, 5.41) is 12.8. The molecule has 0 spiro atoms. The highest BCUT2D eigenvalue weighted by Crippen LogP contribution is 2.47. The molecule has 3 aromatic carbocycles. The molecule has 1 aliphatic rings. The molecule has 200 valence electrons. The van der Waals surface area contributed by atoms with Crippen molar-refractivity contribution in [3.63, 3.8) is 0 Å². The molecule has 1 aliphatic heterocycles. The average Bonchev–Trinajstić information content (AvgIpc) is 3.25. The predicted molar refractivity (Wildman–Crippen MR) is 143 cm³/mol. The van der Waals surface area contributed by atoms with E-state index in [2.05, 4.69) is 5.32 Å². The first-order valence-corrected chi connectivity index (χ1v) is 13.2. The number of rotatable bonds is 8. The Balaban J connectivity index is 1.96. The number of ether oxygens (including phenoxy) is 2. The Hall–Kier alpha value is -4.66. The van der Waals surface area contributed by atoms with E-state index >= 15 is 0 Å². The summed E-state index contributed by atoms with van der Waals surface area (Å²) in [7, 11) is -1.62. The first kappa shape index (κ1) is 27.4. The summed E-state index contributed by atoms with van der Waals surface area (Å²) >= 11 is 0. The fourth-order valence-electron chi connectivity index (χ4n) is 4.52. The van der Waals surface area contributed by atoms with Gasteiger partial charge in [0.25, 0.3) is 0 Å². The molecule has 0 fully saturated rings. The van der Waals surface area contributed by atoms with Gasteiger partial charge in [0, 0.05) is 23.7 Å². The molecule has 0 unspecified atom stereocenters. The molecule has 2 atom stereocenters. The molecule has 11 heteroatoms. The molecule has 0 radical (unpaired) electrons. The zero-order valence-electron chi connectivity index (χ0n) is 21.4. The van der Waals surface area contributed by atoms with Crippen molar-refractivity contribution < 1.29 is 27.5 Å². The van der Waals surface area contributed by atoms with Crippen molar-refractivity contribution in [3.8, 4) is 17.6 Å². The Morgan fingerprint density at radius 2 is 1.67 bits per heavy atom. The van der Waals surface area contributed by atoms with Gasteiger partial charge in [0.05, 0.1) is 42.5 Å². The quantitative estimate of drug-likeness (QED) is 0.408. The number of nitrogens with one attached hydrogen (secondary N) is 1. The molecule has 0 saturated heterocycles. The maximum Gasteiger partial charge on any atom is 0.245 e. The molecule has 39 heavy (non-hydrogen) atoms. The number of sulfonamides is 1. The van der Waals surface area contributed by atoms with Gasteiger partial charge in [0.1, 0.15) is 17.5 Å². The summed E-state index contributed by atoms with van der Waals surface area (Å²) in [4.78, 5) is 25.1. The van der Waals surface area contributed by atoms with Gasteiger partial charge in [-0.25, -0.2) is 8.42 Å². The summed E-state index contributed by atoms with van der Waals surface area (Å²) in [6.45, 7) is 1.33. The molecule has 0 aromatic heterocycles. The highest BCUT2D eigenvalue weighted by Gasteiger charge is 2.51. The molecule has 4 rings (SSSR count). The standard InChI is InChI=1S/C28H26N4O6S/c1-17(33)31-19-9-12-21(13-10-19)39(35,36)32-26(22-15-20(37-2)11-14-24(22)38-3)23(16-29)25(30)27(32)28(34)18-7-5-4-6-8-18/h4-15,26-27H,30H2,1-3H3,(H,31,33)/t26-,27+/m0/s1. The van der Waals surface area contributed by atoms with Crippen LogP contribution in [0, 0.1) is 11.3 Å². The Morgan fingerprint density at radius 3 is 2.23 bits per heavy atom. The van der Waals surface area contributed by atoms with Gasteiger partial charge in [-0.15, -0.1) is 0 Å². The van der Waals surface area contributed by atoms with E-state index in [1.54, 1.807) is 48.5 Å². The normalized spacial score (nSPS) is 17.4. The topological polar surface area (TPSA) is 152 Å². The van der Waals surface area contributed by atoms with E-state index in [0.717, 1.165) is 4.31 Å². The first-order chi connectivity index (χ1) is 18.6. The van der Waals surface area contributed by atoms with Crippen LogP contribution in [0.3, 0.4) is 0 Å². The second kappa shape index (κ2) is 11.0. The van der Waals surface area contributed by atoms with Crippen molar-refractivity contribution >= 4 is 27.4 Å². The van der Waals surface area contributed by atoms with Crippen LogP contribution >= 0.6 is 0 Å². The maximum atomic E-state index is 14.3. The largest absolute Gasteiger partial charge is 0.497 e. The number of amides is 1. The van der Waals surface area contributed by atoms with E-state index in [9.17, 15) is 23.3 Å². The first-order valence-electron chi connectivity index (χ1n) is 11.8. The molecule has 1 amide bonds. The number of carbonyl (C=O) groups is 2. The van der Waals surface area contributed by atoms with E-state index < -0.39 is 27.9 Å². The van der Waals surface area contributed by atoms with Gasteiger partial charge in [-0.3, -0.25) is 9.59 Å². The molecular weight excluding hydrogens is 520 g/mol. The minimum atomic E-state index is -4.47. The SMILES string of the molecule is COc1ccc(OC)c([C@H]2C(C#N)=C(N)[C@H](C(=O)c3ccccc3)N2S(=O)(=O)c2ccc(NC(C)=O)cc2)c1. The number of hydrogen-bond donors (Lipinski definition) is 2. The third-order valence-electron chi connectivity index (χ3n) is 6.30. The van der Waals surface area contributed by atoms with E-state index in [1.165, 1.54) is 45.4 Å². The molecule has 1 heterocycles. The van der Waals surface area contributed by atoms with E-state index in [0.29, 0.717) is 11.4 Å². The van der Waals surface area contributed by atoms with E-state index in [1.807, 2.05) is 6.07 Å². The smallest absolute Gasteiger partial charge is 0.245 e. The molecule has 3 N–H and O–H groups in total. The Morgan fingerprint density at radius 1 is 1.00 bits per heavy atom. The molecule has 0 saturated carbocycles. The zero-order valence-corrected chi connectivity index (χ0v) is 22.2. The predicted octanol–water partition coefficient (Wildman–Crippen LogP) is 3.40. The van der Waals surface area contributed by atoms with Crippen LogP contribution in [0.4, 0.5) is 5.69 Å². The third kappa shape index (κ3) is 5.07. The van der Waals surface area contributed by atoms with Gasteiger partial charge in [-0.05, 0) is 42.5 Å². The number of Topliss-reactive ketones (excluding diaryl/α,β-unsaturated/α-hetero) is 1. The van der Waals surface area contributed by atoms with Crippen molar-refractivity contribution in [3.05, 3.63) is 95.2 Å². The number of benzene rings is 3. The van der Waals surface area contributed by atoms with E-state index in [4.69, 9.17) is 15.2 Å². The maximum absolute atomic E-state index is 14.3. The van der Waals surface area contributed by atoms with Gasteiger partial charge in [0.2, 0.25) is 15.9 Å². The van der Waals surface area contributed by atoms with Crippen molar-refractivity contribution in [2.75, 3.05) is 19.5 Å². The fraction of sp³-hybridized carbons (Fsp3) is 0.179. The van der Waals surface area contributed by atoms with Crippen LogP contribution in [0.1, 0.15) is 28.9 Å². The van der Waals surface area contributed by atoms with Crippen LogP contribution in [-0.2, 0) is 14.8 Å². The van der Waals surface area contributed by atoms with Gasteiger partial charge in [0.15, 0.2) is 5.78 Å². The van der Waals surface area contributed by atoms with E-state index in [-0.39, 0.29) is 38.9 Å². The van der Waals surface area contributed by atoms with Crippen LogP contribution in [0.5, 0.6) is 11.5 Å². The second-order valence-corrected chi connectivity index (χ2v) is 10.5. The molecular formula is C28H26N4O6S. The number of ketones is 1. The lowest BCUT2D eigenvalue weighted by Crippen LogP contribution is -2.45. The summed E-state index contributed by atoms with van der Waals surface area (Å²) < 4.78 is 40.4. The van der Waals surface area contributed by atoms with Crippen molar-refractivity contribution in [1.82, 2.24) is 4.31 Å². The van der Waals surface area contributed by atoms with Gasteiger partial charge < -0.3 is 20.5 Å². The summed E-state index contributed by atoms with van der Waals surface area (Å²) in [5.74, 6) is -0.255. The molecule has 0 bridgehead atoms. The van der Waals surface area contributed by atoms with Crippen LogP contribution in [-0.4, -0.2) is 44.7 Å². The van der Waals surface area contributed by atoms with Crippen LogP contribution < -0.4 is 20.5 Å². The molecule has 0 aliphatic carbocycles. The van der Waals surface area contributed by atoms with Crippen molar-refractivity contribution in [2.24, 2.45) is 5.73 Å². The van der Waals surface area contributed by atoms with Crippen molar-refractivity contribution in [1.29, 1.82) is 5.26 Å². The lowest BCUT2D eigenvalue weighted by Gasteiger charge is -2.31. The fourth-order valence-corrected chi connectivity index (χ4v) is 6.23. The number of methoxy groups -OCH3 is 2. The highest BCUT2D eigenvalue weighted by molar-refractivity contribution is 7.89. The number of anilines is 1. The number of nitrogens with two attached hydrogens (primary N) is 1. The lowest BCUT2D eigenvalue weighted by molar-refractivity contribution is -0.114. The molecule has 3 aromatic rings. The summed E-state index contributed by atoms with van der Waals surface area (Å²) in [6.07, 6.45) is 0. The summed E-state index contributed by atoms with van der Waals surface area (Å²) in [6, 6.07) is 17.6. The second-order valence-electron chi connectivity index (χ2n) is 8.66. The number of nitriles is 1. The van der Waals surface area contributed by atoms with Crippen LogP contribution in [0.2, 0.25) is 0 Å². The third-order valence-corrected chi connectivity index (χ3v) is 8.14. The Kier molecular flexibility index (Phi) is 7.71. The van der Waals surface area contributed by atoms with Gasteiger partial charge >= 0.3 is 0 Å². The lowest BCUT2D eigenvalue weighted by atomic mass is 9.99. The van der Waals surface area contributed by atoms with Gasteiger partial charge in [-0.2, -0.15) is 9.57 Å². The average molecular weight is 547 g/mol. The number of carbonyl (C=O) groups excluding carboxylic acids is 2. The highest BCUT2D eigenvalue weighted by atomic mass is 32.2. The Bertz CT molecular complexity index is 1600. The van der Waals surface area contributed by atoms with Crippen LogP contribution in [0.25, 0.3) is 0 Å². The Labute approximate surface area is 226 Å². The molecule has 10 nitrogen and oxygen atoms in total. The van der Waals surface area contributed by atoms with Gasteiger partial charge in [-0.1, -0.05) is 30.3 Å². The van der Waals surface area contributed by atoms with Crippen LogP contribution in [0.15, 0.2) is 89.0 Å². The number of hydrogen-bond acceptors (Lipinski definition) is 8. The van der Waals surface area contributed by atoms with Crippen molar-refractivity contribution in [2.45, 2.75) is 23.9 Å². The number of nitrogens with zero attached hydrogens (tertiary/aromatic N) is 2. The zero-order chi connectivity index (χ0) is 28.3. The minimum Gasteiger partial charge on any atom is -0.497 e. The minimum absolute atomic E-state index is 0.103. The summed E-state index contributed by atoms with van der Waals surface area (Å²) in [5.41, 5.74) is 7.02.